The molecule has 1 aromatic heterocycles. The lowest BCUT2D eigenvalue weighted by Gasteiger charge is -2.29. The number of aromatic nitrogens is 1. The van der Waals surface area contributed by atoms with Crippen LogP contribution in [0.4, 0.5) is 34.8 Å². The van der Waals surface area contributed by atoms with Crippen LogP contribution in [0.1, 0.15) is 19.3 Å². The molecule has 0 unspecified atom stereocenters. The second-order valence-electron chi connectivity index (χ2n) is 7.35. The molecule has 1 saturated heterocycles. The molecule has 0 amide bonds. The number of benzene rings is 2. The number of nitrogens with one attached hydrogen (secondary N) is 1. The highest BCUT2D eigenvalue weighted by atomic mass is 19.4. The summed E-state index contributed by atoms with van der Waals surface area (Å²) in [5, 5.41) is 3.15. The Bertz CT molecular complexity index is 1010. The van der Waals surface area contributed by atoms with Gasteiger partial charge in [0.25, 0.3) is 0 Å². The first-order valence-corrected chi connectivity index (χ1v) is 10.0. The fraction of sp³-hybridized carbons (Fsp3) is 0.261. The molecule has 0 bridgehead atoms. The zero-order valence-electron chi connectivity index (χ0n) is 16.6. The predicted molar refractivity (Wildman–Crippen MR) is 112 cm³/mol. The van der Waals surface area contributed by atoms with Crippen molar-refractivity contribution in [2.24, 2.45) is 0 Å². The molecule has 4 nitrogen and oxygen atoms in total. The molecule has 3 aromatic rings. The molecule has 0 spiro atoms. The van der Waals surface area contributed by atoms with Gasteiger partial charge in [0.1, 0.15) is 17.4 Å². The van der Waals surface area contributed by atoms with E-state index in [1.807, 2.05) is 12.1 Å². The molecule has 1 aliphatic heterocycles. The van der Waals surface area contributed by atoms with Crippen molar-refractivity contribution in [3.8, 4) is 17.0 Å². The van der Waals surface area contributed by atoms with E-state index in [0.29, 0.717) is 17.2 Å². The third kappa shape index (κ3) is 5.65. The summed E-state index contributed by atoms with van der Waals surface area (Å²) in [5.41, 5.74) is 3.02. The molecule has 0 atom stereocenters. The van der Waals surface area contributed by atoms with E-state index < -0.39 is 6.36 Å². The Morgan fingerprint density at radius 1 is 0.871 bits per heavy atom. The van der Waals surface area contributed by atoms with E-state index in [4.69, 9.17) is 0 Å². The lowest BCUT2D eigenvalue weighted by Crippen LogP contribution is -2.29. The van der Waals surface area contributed by atoms with Crippen molar-refractivity contribution >= 4 is 17.2 Å². The Labute approximate surface area is 177 Å². The quantitative estimate of drug-likeness (QED) is 0.467. The Hall–Kier alpha value is -3.29. The molecular formula is C23H21F4N3O. The van der Waals surface area contributed by atoms with E-state index in [1.165, 1.54) is 42.8 Å². The van der Waals surface area contributed by atoms with Crippen LogP contribution in [0.3, 0.4) is 0 Å². The molecule has 162 valence electrons. The minimum absolute atomic E-state index is 0.292. The third-order valence-electron chi connectivity index (χ3n) is 5.03. The highest BCUT2D eigenvalue weighted by Gasteiger charge is 2.31. The van der Waals surface area contributed by atoms with Gasteiger partial charge in [-0.2, -0.15) is 0 Å². The topological polar surface area (TPSA) is 37.4 Å². The first-order chi connectivity index (χ1) is 14.9. The number of pyridine rings is 1. The Morgan fingerprint density at radius 3 is 2.19 bits per heavy atom. The number of nitrogens with zero attached hydrogens (tertiary/aromatic N) is 2. The van der Waals surface area contributed by atoms with Gasteiger partial charge >= 0.3 is 6.36 Å². The summed E-state index contributed by atoms with van der Waals surface area (Å²) >= 11 is 0. The maximum atomic E-state index is 13.4. The van der Waals surface area contributed by atoms with Crippen molar-refractivity contribution in [1.82, 2.24) is 4.98 Å². The maximum Gasteiger partial charge on any atom is 0.573 e. The molecule has 1 aliphatic rings. The van der Waals surface area contributed by atoms with Gasteiger partial charge in [-0.15, -0.1) is 13.2 Å². The fourth-order valence-corrected chi connectivity index (χ4v) is 3.57. The second kappa shape index (κ2) is 8.83. The molecular weight excluding hydrogens is 410 g/mol. The minimum Gasteiger partial charge on any atom is -0.406 e. The van der Waals surface area contributed by atoms with Gasteiger partial charge in [0.2, 0.25) is 0 Å². The molecule has 0 radical (unpaired) electrons. The number of ether oxygens (including phenoxy) is 1. The summed E-state index contributed by atoms with van der Waals surface area (Å²) in [6.45, 7) is 1.88. The molecule has 31 heavy (non-hydrogen) atoms. The third-order valence-corrected chi connectivity index (χ3v) is 5.03. The monoisotopic (exact) mass is 431 g/mol. The van der Waals surface area contributed by atoms with E-state index in [1.54, 1.807) is 12.1 Å². The Balaban J connectivity index is 1.62. The summed E-state index contributed by atoms with van der Waals surface area (Å²) < 4.78 is 54.4. The van der Waals surface area contributed by atoms with Gasteiger partial charge in [-0.05, 0) is 73.9 Å². The van der Waals surface area contributed by atoms with Crippen molar-refractivity contribution in [1.29, 1.82) is 0 Å². The van der Waals surface area contributed by atoms with Crippen LogP contribution in [0.2, 0.25) is 0 Å². The van der Waals surface area contributed by atoms with Crippen LogP contribution in [0.25, 0.3) is 11.3 Å². The smallest absolute Gasteiger partial charge is 0.406 e. The Morgan fingerprint density at radius 2 is 1.55 bits per heavy atom. The van der Waals surface area contributed by atoms with Crippen LogP contribution in [0.5, 0.6) is 5.75 Å². The molecule has 1 N–H and O–H groups in total. The summed E-state index contributed by atoms with van der Waals surface area (Å²) in [6, 6.07) is 15.5. The number of alkyl halides is 3. The predicted octanol–water partition coefficient (Wildman–Crippen LogP) is 6.52. The normalized spacial score (nSPS) is 14.4. The van der Waals surface area contributed by atoms with E-state index in [0.717, 1.165) is 37.2 Å². The highest BCUT2D eigenvalue weighted by molar-refractivity contribution is 5.71. The van der Waals surface area contributed by atoms with Crippen LogP contribution in [0.15, 0.2) is 60.7 Å². The summed E-state index contributed by atoms with van der Waals surface area (Å²) in [7, 11) is 0. The van der Waals surface area contributed by atoms with Crippen molar-refractivity contribution in [3.05, 3.63) is 66.5 Å². The van der Waals surface area contributed by atoms with Gasteiger partial charge in [-0.1, -0.05) is 0 Å². The van der Waals surface area contributed by atoms with Crippen LogP contribution >= 0.6 is 0 Å². The van der Waals surface area contributed by atoms with E-state index in [9.17, 15) is 17.6 Å². The van der Waals surface area contributed by atoms with Gasteiger partial charge in [-0.3, -0.25) is 0 Å². The second-order valence-corrected chi connectivity index (χ2v) is 7.35. The van der Waals surface area contributed by atoms with Crippen molar-refractivity contribution in [3.63, 3.8) is 0 Å². The zero-order valence-corrected chi connectivity index (χ0v) is 16.6. The SMILES string of the molecule is Fc1ccc(-c2cc(N3CCCCC3)cc(Nc3ccc(OC(F)(F)F)cc3)n2)cc1. The molecule has 2 aromatic carbocycles. The lowest BCUT2D eigenvalue weighted by atomic mass is 10.1. The van der Waals surface area contributed by atoms with Crippen molar-refractivity contribution in [2.75, 3.05) is 23.3 Å². The molecule has 2 heterocycles. The van der Waals surface area contributed by atoms with Gasteiger partial charge in [0.05, 0.1) is 5.69 Å². The number of rotatable bonds is 5. The molecule has 8 heteroatoms. The lowest BCUT2D eigenvalue weighted by molar-refractivity contribution is -0.274. The average molecular weight is 431 g/mol. The van der Waals surface area contributed by atoms with E-state index in [-0.39, 0.29) is 11.6 Å². The summed E-state index contributed by atoms with van der Waals surface area (Å²) in [5.74, 6) is -0.0672. The first kappa shape index (κ1) is 21.0. The molecule has 4 rings (SSSR count). The van der Waals surface area contributed by atoms with Crippen LogP contribution < -0.4 is 15.0 Å². The largest absolute Gasteiger partial charge is 0.573 e. The molecule has 1 fully saturated rings. The van der Waals surface area contributed by atoms with Crippen molar-refractivity contribution < 1.29 is 22.3 Å². The first-order valence-electron chi connectivity index (χ1n) is 10.0. The number of hydrogen-bond donors (Lipinski definition) is 1. The van der Waals surface area contributed by atoms with Gasteiger partial charge < -0.3 is 15.0 Å². The average Bonchev–Trinajstić information content (AvgIpc) is 2.75. The van der Waals surface area contributed by atoms with Gasteiger partial charge in [-0.25, -0.2) is 9.37 Å². The molecule has 0 saturated carbocycles. The molecule has 0 aliphatic carbocycles. The van der Waals surface area contributed by atoms with Crippen LogP contribution in [0, 0.1) is 5.82 Å². The summed E-state index contributed by atoms with van der Waals surface area (Å²) in [4.78, 5) is 6.92. The van der Waals surface area contributed by atoms with Crippen LogP contribution in [-0.2, 0) is 0 Å². The van der Waals surface area contributed by atoms with E-state index >= 15 is 0 Å². The summed E-state index contributed by atoms with van der Waals surface area (Å²) in [6.07, 6.45) is -1.32. The van der Waals surface area contributed by atoms with Crippen molar-refractivity contribution in [2.45, 2.75) is 25.6 Å². The number of hydrogen-bond acceptors (Lipinski definition) is 4. The van der Waals surface area contributed by atoms with E-state index in [2.05, 4.69) is 19.9 Å². The number of halogens is 4. The minimum atomic E-state index is -4.73. The number of anilines is 3. The fourth-order valence-electron chi connectivity index (χ4n) is 3.57. The van der Waals surface area contributed by atoms with Gasteiger partial charge in [0, 0.05) is 36.1 Å². The van der Waals surface area contributed by atoms with Crippen LogP contribution in [-0.4, -0.2) is 24.4 Å². The zero-order chi connectivity index (χ0) is 21.8. The van der Waals surface area contributed by atoms with Gasteiger partial charge in [0.15, 0.2) is 0 Å². The Kier molecular flexibility index (Phi) is 5.97. The number of piperidine rings is 1. The highest BCUT2D eigenvalue weighted by Crippen LogP contribution is 2.30. The standard InChI is InChI=1S/C23H21F4N3O/c24-17-6-4-16(5-7-17)21-14-19(30-12-2-1-3-13-30)15-22(29-21)28-18-8-10-20(11-9-18)31-23(25,26)27/h4-11,14-15H,1-3,12-13H2,(H,28,29). The maximum absolute atomic E-state index is 13.4.